The molecule has 0 fully saturated rings. The number of benzene rings is 2. The molecule has 6 nitrogen and oxygen atoms in total. The lowest BCUT2D eigenvalue weighted by molar-refractivity contribution is -0.116. The lowest BCUT2D eigenvalue weighted by Crippen LogP contribution is -2.27. The predicted octanol–water partition coefficient (Wildman–Crippen LogP) is 2.20. The summed E-state index contributed by atoms with van der Waals surface area (Å²) in [5.74, 6) is -1.35. The van der Waals surface area contributed by atoms with E-state index in [0.717, 1.165) is 19.0 Å². The fourth-order valence-electron chi connectivity index (χ4n) is 1.69. The zero-order valence-electron chi connectivity index (χ0n) is 13.2. The molecule has 0 unspecified atom stereocenters. The average molecular weight is 327 g/mol. The fraction of sp³-hybridized carbons (Fsp3) is 0.111. The van der Waals surface area contributed by atoms with Crippen LogP contribution < -0.4 is 16.6 Å². The molecular weight excluding hydrogens is 306 g/mol. The second kappa shape index (κ2) is 10.6. The van der Waals surface area contributed by atoms with E-state index in [0.29, 0.717) is 5.69 Å². The summed E-state index contributed by atoms with van der Waals surface area (Å²) in [6.45, 7) is 4.02. The number of nitrogens with two attached hydrogens (primary N) is 1. The van der Waals surface area contributed by atoms with Crippen LogP contribution in [0.15, 0.2) is 67.3 Å². The maximum absolute atomic E-state index is 10.8. The van der Waals surface area contributed by atoms with Gasteiger partial charge in [0.2, 0.25) is 0 Å². The Morgan fingerprint density at radius 2 is 1.71 bits per heavy atom. The Kier molecular flexibility index (Phi) is 8.34. The summed E-state index contributed by atoms with van der Waals surface area (Å²) in [5.41, 5.74) is 12.4. The molecule has 0 saturated carbocycles. The molecule has 0 saturated heterocycles. The molecule has 0 heterocycles. The van der Waals surface area contributed by atoms with E-state index in [1.165, 1.54) is 17.7 Å². The van der Waals surface area contributed by atoms with Crippen LogP contribution in [0.4, 0.5) is 5.69 Å². The molecule has 2 aromatic rings. The summed E-state index contributed by atoms with van der Waals surface area (Å²) in [6, 6.07) is 16.2. The van der Waals surface area contributed by atoms with Crippen LogP contribution in [0.5, 0.6) is 0 Å². The van der Waals surface area contributed by atoms with Crippen molar-refractivity contribution in [3.05, 3.63) is 78.4 Å². The van der Waals surface area contributed by atoms with E-state index in [9.17, 15) is 9.59 Å². The first-order chi connectivity index (χ1) is 11.6. The van der Waals surface area contributed by atoms with E-state index >= 15 is 0 Å². The van der Waals surface area contributed by atoms with Crippen LogP contribution >= 0.6 is 0 Å². The highest BCUT2D eigenvalue weighted by Crippen LogP contribution is 2.08. The molecule has 0 spiro atoms. The van der Waals surface area contributed by atoms with Crippen LogP contribution in [0.2, 0.25) is 0 Å². The number of amides is 1. The molecule has 0 aromatic heterocycles. The molecule has 0 radical (unpaired) electrons. The van der Waals surface area contributed by atoms with E-state index in [4.69, 9.17) is 10.8 Å². The van der Waals surface area contributed by atoms with Crippen LogP contribution in [0.3, 0.4) is 0 Å². The minimum Gasteiger partial charge on any atom is -0.478 e. The third-order valence-electron chi connectivity index (χ3n) is 2.92. The van der Waals surface area contributed by atoms with Crippen LogP contribution in [0.25, 0.3) is 0 Å². The third kappa shape index (κ3) is 7.24. The Morgan fingerprint density at radius 3 is 2.21 bits per heavy atom. The van der Waals surface area contributed by atoms with Crippen molar-refractivity contribution >= 4 is 17.6 Å². The van der Waals surface area contributed by atoms with E-state index in [1.54, 1.807) is 12.1 Å². The minimum absolute atomic E-state index is 0.190. The first-order valence-electron chi connectivity index (χ1n) is 7.32. The van der Waals surface area contributed by atoms with Gasteiger partial charge in [0.1, 0.15) is 0 Å². The topological polar surface area (TPSA) is 104 Å². The number of carbonyl (C=O) groups is 2. The number of carboxylic acid groups (broad SMARTS) is 1. The summed E-state index contributed by atoms with van der Waals surface area (Å²) < 4.78 is 0. The van der Waals surface area contributed by atoms with Gasteiger partial charge in [0.25, 0.3) is 5.91 Å². The van der Waals surface area contributed by atoms with E-state index in [1.807, 2.05) is 18.2 Å². The SMILES string of the molecule is C=CC(=O)NNc1ccc(C(=O)O)cc1.NCCc1ccccc1. The Balaban J connectivity index is 0.000000272. The first kappa shape index (κ1) is 18.9. The van der Waals surface area contributed by atoms with Gasteiger partial charge in [0.05, 0.1) is 11.3 Å². The minimum atomic E-state index is -0.989. The van der Waals surface area contributed by atoms with Gasteiger partial charge in [0, 0.05) is 0 Å². The van der Waals surface area contributed by atoms with Crippen molar-refractivity contribution in [3.8, 4) is 0 Å². The summed E-state index contributed by atoms with van der Waals surface area (Å²) >= 11 is 0. The summed E-state index contributed by atoms with van der Waals surface area (Å²) in [4.78, 5) is 21.3. The van der Waals surface area contributed by atoms with Gasteiger partial charge in [-0.05, 0) is 48.9 Å². The van der Waals surface area contributed by atoms with E-state index in [-0.39, 0.29) is 11.5 Å². The van der Waals surface area contributed by atoms with Crippen molar-refractivity contribution in [1.82, 2.24) is 5.43 Å². The number of nitrogens with one attached hydrogen (secondary N) is 2. The van der Waals surface area contributed by atoms with Gasteiger partial charge in [-0.3, -0.25) is 15.6 Å². The van der Waals surface area contributed by atoms with Crippen molar-refractivity contribution in [2.45, 2.75) is 6.42 Å². The molecule has 0 aliphatic rings. The van der Waals surface area contributed by atoms with Gasteiger partial charge >= 0.3 is 5.97 Å². The van der Waals surface area contributed by atoms with Crippen molar-refractivity contribution in [2.75, 3.05) is 12.0 Å². The monoisotopic (exact) mass is 327 g/mol. The molecule has 6 heteroatoms. The van der Waals surface area contributed by atoms with Crippen LogP contribution in [0, 0.1) is 0 Å². The molecule has 0 bridgehead atoms. The first-order valence-corrected chi connectivity index (χ1v) is 7.32. The van der Waals surface area contributed by atoms with Gasteiger partial charge in [-0.2, -0.15) is 0 Å². The van der Waals surface area contributed by atoms with Gasteiger partial charge in [-0.25, -0.2) is 4.79 Å². The Morgan fingerprint density at radius 1 is 1.08 bits per heavy atom. The summed E-state index contributed by atoms with van der Waals surface area (Å²) in [6.07, 6.45) is 2.11. The maximum Gasteiger partial charge on any atom is 0.335 e. The predicted molar refractivity (Wildman–Crippen MR) is 94.6 cm³/mol. The smallest absolute Gasteiger partial charge is 0.335 e. The van der Waals surface area contributed by atoms with E-state index in [2.05, 4.69) is 29.6 Å². The Labute approximate surface area is 141 Å². The Bertz CT molecular complexity index is 655. The zero-order valence-corrected chi connectivity index (χ0v) is 13.2. The molecule has 2 rings (SSSR count). The van der Waals surface area contributed by atoms with Gasteiger partial charge in [0.15, 0.2) is 0 Å². The van der Waals surface area contributed by atoms with Crippen molar-refractivity contribution < 1.29 is 14.7 Å². The Hall–Kier alpha value is -3.12. The van der Waals surface area contributed by atoms with Gasteiger partial charge in [-0.15, -0.1) is 0 Å². The average Bonchev–Trinajstić information content (AvgIpc) is 2.61. The molecular formula is C18H21N3O3. The number of aromatic carboxylic acids is 1. The number of hydrazine groups is 1. The standard InChI is InChI=1S/C10H10N2O3.C8H11N/c1-2-9(13)12-11-8-5-3-7(4-6-8)10(14)15;9-7-6-8-4-2-1-3-5-8/h2-6,11H,1H2,(H,12,13)(H,14,15);1-5H,6-7,9H2. The summed E-state index contributed by atoms with van der Waals surface area (Å²) in [7, 11) is 0. The van der Waals surface area contributed by atoms with Crippen molar-refractivity contribution in [2.24, 2.45) is 5.73 Å². The molecule has 0 atom stereocenters. The molecule has 24 heavy (non-hydrogen) atoms. The van der Waals surface area contributed by atoms with E-state index < -0.39 is 5.97 Å². The lowest BCUT2D eigenvalue weighted by atomic mass is 10.2. The zero-order chi connectivity index (χ0) is 17.8. The van der Waals surface area contributed by atoms with Crippen molar-refractivity contribution in [3.63, 3.8) is 0 Å². The largest absolute Gasteiger partial charge is 0.478 e. The third-order valence-corrected chi connectivity index (χ3v) is 2.92. The molecule has 0 aliphatic heterocycles. The quantitative estimate of drug-likeness (QED) is 0.481. The molecule has 2 aromatic carbocycles. The number of hydrogen-bond acceptors (Lipinski definition) is 4. The van der Waals surface area contributed by atoms with Crippen LogP contribution in [-0.4, -0.2) is 23.5 Å². The van der Waals surface area contributed by atoms with Gasteiger partial charge < -0.3 is 10.8 Å². The molecule has 126 valence electrons. The maximum atomic E-state index is 10.8. The van der Waals surface area contributed by atoms with Crippen molar-refractivity contribution in [1.29, 1.82) is 0 Å². The number of carboxylic acids is 1. The second-order valence-corrected chi connectivity index (χ2v) is 4.73. The number of anilines is 1. The molecule has 5 N–H and O–H groups in total. The number of rotatable bonds is 6. The highest BCUT2D eigenvalue weighted by molar-refractivity contribution is 5.89. The highest BCUT2D eigenvalue weighted by Gasteiger charge is 2.01. The number of carbonyl (C=O) groups excluding carboxylic acids is 1. The fourth-order valence-corrected chi connectivity index (χ4v) is 1.69. The second-order valence-electron chi connectivity index (χ2n) is 4.73. The highest BCUT2D eigenvalue weighted by atomic mass is 16.4. The number of hydrogen-bond donors (Lipinski definition) is 4. The molecule has 0 aliphatic carbocycles. The summed E-state index contributed by atoms with van der Waals surface area (Å²) in [5, 5.41) is 8.63. The van der Waals surface area contributed by atoms with Crippen LogP contribution in [0.1, 0.15) is 15.9 Å². The normalized spacial score (nSPS) is 9.21. The van der Waals surface area contributed by atoms with Crippen LogP contribution in [-0.2, 0) is 11.2 Å². The molecule has 1 amide bonds. The van der Waals surface area contributed by atoms with Gasteiger partial charge in [-0.1, -0.05) is 36.9 Å². The lowest BCUT2D eigenvalue weighted by Gasteiger charge is -2.06.